The van der Waals surface area contributed by atoms with Gasteiger partial charge in [0.25, 0.3) is 0 Å². The number of nitrogens with one attached hydrogen (secondary N) is 1. The third-order valence-electron chi connectivity index (χ3n) is 3.86. The zero-order chi connectivity index (χ0) is 20.3. The Morgan fingerprint density at radius 1 is 1.07 bits per heavy atom. The van der Waals surface area contributed by atoms with Crippen LogP contribution in [0, 0.1) is 6.92 Å². The Bertz CT molecular complexity index is 978. The van der Waals surface area contributed by atoms with Gasteiger partial charge in [0, 0.05) is 16.8 Å². The molecule has 3 rings (SSSR count). The first-order valence-corrected chi connectivity index (χ1v) is 9.41. The number of anilines is 2. The highest BCUT2D eigenvalue weighted by molar-refractivity contribution is 7.98. The number of halogens is 3. The number of aromatic nitrogens is 3. The van der Waals surface area contributed by atoms with Gasteiger partial charge in [0.2, 0.25) is 5.88 Å². The summed E-state index contributed by atoms with van der Waals surface area (Å²) in [5.41, 5.74) is 0.737. The molecule has 3 aromatic rings. The van der Waals surface area contributed by atoms with E-state index in [2.05, 4.69) is 20.3 Å². The van der Waals surface area contributed by atoms with Crippen molar-refractivity contribution in [1.29, 1.82) is 0 Å². The topological polar surface area (TPSA) is 59.9 Å². The minimum Gasteiger partial charge on any atom is -0.480 e. The molecule has 0 aliphatic carbocycles. The van der Waals surface area contributed by atoms with Gasteiger partial charge < -0.3 is 10.1 Å². The number of ether oxygens (including phenoxy) is 1. The molecule has 0 aliphatic rings. The summed E-state index contributed by atoms with van der Waals surface area (Å²) in [6.07, 6.45) is -1.26. The number of rotatable bonds is 5. The lowest BCUT2D eigenvalue weighted by Gasteiger charge is -2.17. The van der Waals surface area contributed by atoms with E-state index in [1.807, 2.05) is 13.2 Å². The van der Waals surface area contributed by atoms with Gasteiger partial charge in [0.05, 0.1) is 7.11 Å². The van der Waals surface area contributed by atoms with Gasteiger partial charge in [-0.15, -0.1) is 11.8 Å². The number of thioether (sulfide) groups is 1. The summed E-state index contributed by atoms with van der Waals surface area (Å²) < 4.78 is 46.0. The smallest absolute Gasteiger partial charge is 0.425 e. The van der Waals surface area contributed by atoms with Crippen LogP contribution in [0.25, 0.3) is 11.5 Å². The van der Waals surface area contributed by atoms with Crippen molar-refractivity contribution in [3.8, 4) is 17.4 Å². The lowest BCUT2D eigenvalue weighted by Crippen LogP contribution is -2.15. The average Bonchev–Trinajstić information content (AvgIpc) is 2.68. The summed E-state index contributed by atoms with van der Waals surface area (Å²) in [6, 6.07) is 10.4. The van der Waals surface area contributed by atoms with E-state index >= 15 is 0 Å². The number of methoxy groups -OCH3 is 1. The zero-order valence-electron chi connectivity index (χ0n) is 15.3. The fourth-order valence-electron chi connectivity index (χ4n) is 2.48. The van der Waals surface area contributed by atoms with Crippen LogP contribution in [0.1, 0.15) is 11.1 Å². The van der Waals surface area contributed by atoms with Gasteiger partial charge in [-0.1, -0.05) is 17.7 Å². The molecule has 0 atom stereocenters. The number of pyridine rings is 1. The van der Waals surface area contributed by atoms with E-state index < -0.39 is 23.4 Å². The van der Waals surface area contributed by atoms with E-state index in [1.54, 1.807) is 42.6 Å². The maximum Gasteiger partial charge on any atom is 0.425 e. The lowest BCUT2D eigenvalue weighted by molar-refractivity contribution is -0.138. The molecule has 0 radical (unpaired) electrons. The first kappa shape index (κ1) is 19.9. The molecule has 0 saturated heterocycles. The molecule has 9 heteroatoms. The molecule has 0 unspecified atom stereocenters. The number of nitrogens with zero attached hydrogens (tertiary/aromatic N) is 3. The van der Waals surface area contributed by atoms with Crippen LogP contribution in [-0.4, -0.2) is 28.3 Å². The summed E-state index contributed by atoms with van der Waals surface area (Å²) in [5.74, 6) is -0.923. The van der Waals surface area contributed by atoms with Gasteiger partial charge >= 0.3 is 6.18 Å². The monoisotopic (exact) mass is 406 g/mol. The Morgan fingerprint density at radius 3 is 2.39 bits per heavy atom. The second kappa shape index (κ2) is 8.05. The van der Waals surface area contributed by atoms with Gasteiger partial charge in [0.15, 0.2) is 17.2 Å². The lowest BCUT2D eigenvalue weighted by atomic mass is 10.2. The molecule has 146 valence electrons. The zero-order valence-corrected chi connectivity index (χ0v) is 16.1. The minimum atomic E-state index is -4.70. The number of hydrogen-bond donors (Lipinski definition) is 1. The van der Waals surface area contributed by atoms with Gasteiger partial charge in [0.1, 0.15) is 5.69 Å². The third-order valence-corrected chi connectivity index (χ3v) is 4.59. The SMILES string of the molecule is COc1nc(-c2cc(SC)ccn2)nc(Nc2ccc(C)cc2)c1C(F)(F)F. The molecule has 1 N–H and O–H groups in total. The van der Waals surface area contributed by atoms with Gasteiger partial charge in [-0.2, -0.15) is 18.2 Å². The molecule has 2 aromatic heterocycles. The minimum absolute atomic E-state index is 0.0374. The highest BCUT2D eigenvalue weighted by Crippen LogP contribution is 2.41. The van der Waals surface area contributed by atoms with Crippen molar-refractivity contribution >= 4 is 23.3 Å². The average molecular weight is 406 g/mol. The Hall–Kier alpha value is -2.81. The van der Waals surface area contributed by atoms with Crippen LogP contribution in [0.3, 0.4) is 0 Å². The van der Waals surface area contributed by atoms with E-state index in [9.17, 15) is 13.2 Å². The summed E-state index contributed by atoms with van der Waals surface area (Å²) in [7, 11) is 1.14. The maximum atomic E-state index is 13.7. The van der Waals surface area contributed by atoms with E-state index in [0.717, 1.165) is 17.6 Å². The molecule has 0 aliphatic heterocycles. The van der Waals surface area contributed by atoms with Crippen LogP contribution in [0.5, 0.6) is 5.88 Å². The van der Waals surface area contributed by atoms with E-state index in [4.69, 9.17) is 4.74 Å². The largest absolute Gasteiger partial charge is 0.480 e. The van der Waals surface area contributed by atoms with Crippen molar-refractivity contribution in [2.45, 2.75) is 18.0 Å². The summed E-state index contributed by atoms with van der Waals surface area (Å²) in [6.45, 7) is 1.89. The molecule has 28 heavy (non-hydrogen) atoms. The summed E-state index contributed by atoms with van der Waals surface area (Å²) in [5, 5.41) is 2.74. The van der Waals surface area contributed by atoms with Crippen LogP contribution in [-0.2, 0) is 6.18 Å². The molecule has 2 heterocycles. The predicted octanol–water partition coefficient (Wildman–Crippen LogP) is 5.34. The molecule has 0 saturated carbocycles. The molecule has 0 bridgehead atoms. The molecular weight excluding hydrogens is 389 g/mol. The second-order valence-corrected chi connectivity index (χ2v) is 6.73. The quantitative estimate of drug-likeness (QED) is 0.577. The van der Waals surface area contributed by atoms with Gasteiger partial charge in [-0.05, 0) is 37.4 Å². The number of alkyl halides is 3. The third kappa shape index (κ3) is 4.36. The molecule has 1 aromatic carbocycles. The number of aryl methyl sites for hydroxylation is 1. The molecule has 0 fully saturated rings. The molecule has 0 amide bonds. The van der Waals surface area contributed by atoms with Crippen LogP contribution in [0.15, 0.2) is 47.5 Å². The van der Waals surface area contributed by atoms with Crippen molar-refractivity contribution < 1.29 is 17.9 Å². The van der Waals surface area contributed by atoms with Crippen molar-refractivity contribution in [3.63, 3.8) is 0 Å². The number of benzene rings is 1. The van der Waals surface area contributed by atoms with Crippen LogP contribution in [0.4, 0.5) is 24.7 Å². The highest BCUT2D eigenvalue weighted by atomic mass is 32.2. The van der Waals surface area contributed by atoms with Crippen molar-refractivity contribution in [3.05, 3.63) is 53.7 Å². The van der Waals surface area contributed by atoms with Crippen LogP contribution < -0.4 is 10.1 Å². The first-order chi connectivity index (χ1) is 13.3. The summed E-state index contributed by atoms with van der Waals surface area (Å²) in [4.78, 5) is 13.1. The standard InChI is InChI=1S/C19H17F3N4OS/c1-11-4-6-12(7-5-11)24-17-15(19(20,21)22)18(27-2)26-16(25-17)14-10-13(28-3)8-9-23-14/h4-10H,1-3H3,(H,24,25,26). The molecule has 0 spiro atoms. The predicted molar refractivity (Wildman–Crippen MR) is 103 cm³/mol. The highest BCUT2D eigenvalue weighted by Gasteiger charge is 2.40. The first-order valence-electron chi connectivity index (χ1n) is 8.19. The van der Waals surface area contributed by atoms with E-state index in [1.165, 1.54) is 11.8 Å². The van der Waals surface area contributed by atoms with E-state index in [-0.39, 0.29) is 5.82 Å². The van der Waals surface area contributed by atoms with Crippen LogP contribution in [0.2, 0.25) is 0 Å². The Kier molecular flexibility index (Phi) is 5.73. The van der Waals surface area contributed by atoms with Gasteiger partial charge in [-0.3, -0.25) is 4.98 Å². The maximum absolute atomic E-state index is 13.7. The Morgan fingerprint density at radius 2 is 1.79 bits per heavy atom. The molecular formula is C19H17F3N4OS. The fourth-order valence-corrected chi connectivity index (χ4v) is 2.91. The normalized spacial score (nSPS) is 11.4. The second-order valence-electron chi connectivity index (χ2n) is 5.85. The number of hydrogen-bond acceptors (Lipinski definition) is 6. The van der Waals surface area contributed by atoms with Crippen molar-refractivity contribution in [2.24, 2.45) is 0 Å². The molecule has 5 nitrogen and oxygen atoms in total. The fraction of sp³-hybridized carbons (Fsp3) is 0.211. The van der Waals surface area contributed by atoms with Gasteiger partial charge in [-0.25, -0.2) is 4.98 Å². The van der Waals surface area contributed by atoms with Crippen molar-refractivity contribution in [1.82, 2.24) is 15.0 Å². The van der Waals surface area contributed by atoms with E-state index in [0.29, 0.717) is 11.4 Å². The Labute approximate surface area is 164 Å². The Balaban J connectivity index is 2.16. The summed E-state index contributed by atoms with van der Waals surface area (Å²) >= 11 is 1.48. The van der Waals surface area contributed by atoms with Crippen molar-refractivity contribution in [2.75, 3.05) is 18.7 Å². The van der Waals surface area contributed by atoms with Crippen LogP contribution >= 0.6 is 11.8 Å².